The third-order valence-electron chi connectivity index (χ3n) is 6.04. The van der Waals surface area contributed by atoms with Gasteiger partial charge in [0.1, 0.15) is 11.7 Å². The van der Waals surface area contributed by atoms with Crippen molar-refractivity contribution < 1.29 is 23.8 Å². The van der Waals surface area contributed by atoms with Crippen LogP contribution in [0.3, 0.4) is 0 Å². The van der Waals surface area contributed by atoms with Gasteiger partial charge >= 0.3 is 5.97 Å². The van der Waals surface area contributed by atoms with E-state index in [4.69, 9.17) is 14.2 Å². The molecule has 5 heteroatoms. The Kier molecular flexibility index (Phi) is 11.9. The molecular formula is C23H42O5. The second kappa shape index (κ2) is 13.3. The van der Waals surface area contributed by atoms with Gasteiger partial charge in [-0.1, -0.05) is 52.9 Å². The zero-order valence-electron chi connectivity index (χ0n) is 18.8. The molecule has 0 aromatic rings. The molecule has 0 N–H and O–H groups in total. The number of esters is 1. The smallest absolute Gasteiger partial charge is 0.316 e. The number of carbonyl (C=O) groups is 2. The molecule has 0 bridgehead atoms. The van der Waals surface area contributed by atoms with E-state index < -0.39 is 17.7 Å². The first-order valence-corrected chi connectivity index (χ1v) is 11.3. The molecule has 3 atom stereocenters. The summed E-state index contributed by atoms with van der Waals surface area (Å²) in [6.07, 6.45) is 9.82. The number of rotatable bonds is 15. The van der Waals surface area contributed by atoms with Crippen LogP contribution < -0.4 is 0 Å². The summed E-state index contributed by atoms with van der Waals surface area (Å²) in [7, 11) is 1.36. The molecule has 0 spiro atoms. The Labute approximate surface area is 171 Å². The van der Waals surface area contributed by atoms with Gasteiger partial charge in [-0.25, -0.2) is 0 Å². The predicted molar refractivity (Wildman–Crippen MR) is 111 cm³/mol. The molecule has 0 aromatic carbocycles. The highest BCUT2D eigenvalue weighted by Crippen LogP contribution is 2.50. The van der Waals surface area contributed by atoms with Gasteiger partial charge in [-0.2, -0.15) is 0 Å². The Hall–Kier alpha value is -0.940. The highest BCUT2D eigenvalue weighted by Gasteiger charge is 2.54. The van der Waals surface area contributed by atoms with Crippen LogP contribution in [0.5, 0.6) is 0 Å². The summed E-state index contributed by atoms with van der Waals surface area (Å²) < 4.78 is 17.8. The first-order valence-electron chi connectivity index (χ1n) is 11.3. The predicted octanol–water partition coefficient (Wildman–Crippen LogP) is 5.30. The van der Waals surface area contributed by atoms with E-state index in [1.807, 2.05) is 0 Å². The van der Waals surface area contributed by atoms with E-state index in [-0.39, 0.29) is 17.6 Å². The summed E-state index contributed by atoms with van der Waals surface area (Å²) >= 11 is 0. The normalized spacial score (nSPS) is 22.2. The Morgan fingerprint density at radius 1 is 0.964 bits per heavy atom. The van der Waals surface area contributed by atoms with Crippen molar-refractivity contribution in [3.8, 4) is 0 Å². The topological polar surface area (TPSA) is 61.8 Å². The zero-order valence-corrected chi connectivity index (χ0v) is 18.8. The zero-order chi connectivity index (χ0) is 21.0. The van der Waals surface area contributed by atoms with Crippen LogP contribution in [0, 0.1) is 17.8 Å². The van der Waals surface area contributed by atoms with Crippen molar-refractivity contribution in [1.82, 2.24) is 0 Å². The van der Waals surface area contributed by atoms with Gasteiger partial charge in [0.2, 0.25) is 0 Å². The van der Waals surface area contributed by atoms with E-state index in [2.05, 4.69) is 20.8 Å². The van der Waals surface area contributed by atoms with Crippen molar-refractivity contribution in [2.24, 2.45) is 17.8 Å². The van der Waals surface area contributed by atoms with Crippen LogP contribution in [0.1, 0.15) is 91.9 Å². The minimum Gasteiger partial charge on any atom is -0.468 e. The maximum absolute atomic E-state index is 12.4. The standard InChI is InChI=1S/C23H42O5/c1-6-9-12-13-20-19(21(18(4)24)22(25)26-5)14-15-23(20,27-16-10-7-2)28-17-11-8-3/h19-21H,6-17H2,1-5H3. The number of ketones is 1. The van der Waals surface area contributed by atoms with Crippen LogP contribution in [0.15, 0.2) is 0 Å². The lowest BCUT2D eigenvalue weighted by molar-refractivity contribution is -0.263. The van der Waals surface area contributed by atoms with E-state index >= 15 is 0 Å². The first kappa shape index (κ1) is 25.1. The fourth-order valence-corrected chi connectivity index (χ4v) is 4.48. The van der Waals surface area contributed by atoms with E-state index in [1.54, 1.807) is 0 Å². The molecule has 3 unspecified atom stereocenters. The molecule has 5 nitrogen and oxygen atoms in total. The Morgan fingerprint density at radius 3 is 2.00 bits per heavy atom. The summed E-state index contributed by atoms with van der Waals surface area (Å²) in [5.41, 5.74) is 0. The summed E-state index contributed by atoms with van der Waals surface area (Å²) in [4.78, 5) is 24.8. The third kappa shape index (κ3) is 6.84. The van der Waals surface area contributed by atoms with Crippen molar-refractivity contribution in [3.63, 3.8) is 0 Å². The summed E-state index contributed by atoms with van der Waals surface area (Å²) in [5, 5.41) is 0. The van der Waals surface area contributed by atoms with Crippen LogP contribution in [-0.4, -0.2) is 37.9 Å². The number of carbonyl (C=O) groups excluding carboxylic acids is 2. The lowest BCUT2D eigenvalue weighted by Gasteiger charge is -2.38. The van der Waals surface area contributed by atoms with Gasteiger partial charge in [0.15, 0.2) is 5.79 Å². The minimum atomic E-state index is -0.719. The fourth-order valence-electron chi connectivity index (χ4n) is 4.48. The van der Waals surface area contributed by atoms with Crippen molar-refractivity contribution >= 4 is 11.8 Å². The molecule has 0 saturated heterocycles. The maximum atomic E-state index is 12.4. The molecule has 1 aliphatic carbocycles. The molecular weight excluding hydrogens is 356 g/mol. The molecule has 1 fully saturated rings. The number of unbranched alkanes of at least 4 members (excludes halogenated alkanes) is 4. The monoisotopic (exact) mass is 398 g/mol. The van der Waals surface area contributed by atoms with E-state index in [1.165, 1.54) is 14.0 Å². The lowest BCUT2D eigenvalue weighted by atomic mass is 9.78. The maximum Gasteiger partial charge on any atom is 0.316 e. The Balaban J connectivity index is 3.14. The number of methoxy groups -OCH3 is 1. The van der Waals surface area contributed by atoms with E-state index in [0.717, 1.165) is 64.2 Å². The Bertz CT molecular complexity index is 452. The molecule has 0 aromatic heterocycles. The minimum absolute atomic E-state index is 0.0424. The molecule has 0 aliphatic heterocycles. The van der Waals surface area contributed by atoms with Gasteiger partial charge in [0.05, 0.1) is 20.3 Å². The molecule has 1 rings (SSSR count). The van der Waals surface area contributed by atoms with Crippen LogP contribution in [0.4, 0.5) is 0 Å². The number of hydrogen-bond acceptors (Lipinski definition) is 5. The quantitative estimate of drug-likeness (QED) is 0.162. The average Bonchev–Trinajstić information content (AvgIpc) is 3.00. The first-order chi connectivity index (χ1) is 13.5. The van der Waals surface area contributed by atoms with Crippen molar-refractivity contribution in [2.75, 3.05) is 20.3 Å². The molecule has 28 heavy (non-hydrogen) atoms. The number of ether oxygens (including phenoxy) is 3. The summed E-state index contributed by atoms with van der Waals surface area (Å²) in [6, 6.07) is 0. The van der Waals surface area contributed by atoms with Crippen molar-refractivity contribution in [1.29, 1.82) is 0 Å². The van der Waals surface area contributed by atoms with Gasteiger partial charge in [-0.3, -0.25) is 9.59 Å². The molecule has 0 amide bonds. The van der Waals surface area contributed by atoms with E-state index in [0.29, 0.717) is 13.2 Å². The Morgan fingerprint density at radius 2 is 1.54 bits per heavy atom. The van der Waals surface area contributed by atoms with Crippen LogP contribution in [-0.2, 0) is 23.8 Å². The van der Waals surface area contributed by atoms with Gasteiger partial charge in [0, 0.05) is 12.3 Å². The second-order valence-corrected chi connectivity index (χ2v) is 8.13. The van der Waals surface area contributed by atoms with Crippen LogP contribution in [0.25, 0.3) is 0 Å². The molecule has 164 valence electrons. The SMILES string of the molecule is CCCCCC1C(C(C(C)=O)C(=O)OC)CCC1(OCCCC)OCCCC. The number of Topliss-reactive ketones (excluding diaryl/α,β-unsaturated/α-hetero) is 1. The summed E-state index contributed by atoms with van der Waals surface area (Å²) in [5.74, 6) is -1.97. The third-order valence-corrected chi connectivity index (χ3v) is 6.04. The highest BCUT2D eigenvalue weighted by molar-refractivity contribution is 5.98. The second-order valence-electron chi connectivity index (χ2n) is 8.13. The van der Waals surface area contributed by atoms with Gasteiger partial charge in [0.25, 0.3) is 0 Å². The largest absolute Gasteiger partial charge is 0.468 e. The van der Waals surface area contributed by atoms with Crippen molar-refractivity contribution in [3.05, 3.63) is 0 Å². The van der Waals surface area contributed by atoms with Gasteiger partial charge < -0.3 is 14.2 Å². The summed E-state index contributed by atoms with van der Waals surface area (Å²) in [6.45, 7) is 9.29. The molecule has 1 saturated carbocycles. The molecule has 0 radical (unpaired) electrons. The van der Waals surface area contributed by atoms with Crippen LogP contribution in [0.2, 0.25) is 0 Å². The molecule has 0 heterocycles. The van der Waals surface area contributed by atoms with E-state index in [9.17, 15) is 9.59 Å². The van der Waals surface area contributed by atoms with Gasteiger partial charge in [-0.15, -0.1) is 0 Å². The average molecular weight is 399 g/mol. The van der Waals surface area contributed by atoms with Crippen molar-refractivity contribution in [2.45, 2.75) is 97.7 Å². The highest BCUT2D eigenvalue weighted by atomic mass is 16.7. The lowest BCUT2D eigenvalue weighted by Crippen LogP contribution is -2.45. The fraction of sp³-hybridized carbons (Fsp3) is 0.913. The van der Waals surface area contributed by atoms with Gasteiger partial charge in [-0.05, 0) is 38.5 Å². The van der Waals surface area contributed by atoms with Crippen LogP contribution >= 0.6 is 0 Å². The number of hydrogen-bond donors (Lipinski definition) is 0. The molecule has 1 aliphatic rings.